The summed E-state index contributed by atoms with van der Waals surface area (Å²) in [4.78, 5) is 11.2. The summed E-state index contributed by atoms with van der Waals surface area (Å²) in [5, 5.41) is 3.59. The van der Waals surface area contributed by atoms with E-state index in [0.717, 1.165) is 30.7 Å². The molecule has 3 atom stereocenters. The molecule has 4 nitrogen and oxygen atoms in total. The summed E-state index contributed by atoms with van der Waals surface area (Å²) in [7, 11) is 0. The molecule has 0 radical (unpaired) electrons. The number of carbonyl (C=O) groups excluding carboxylic acids is 1. The molecule has 1 aromatic rings. The lowest BCUT2D eigenvalue weighted by Crippen LogP contribution is -2.59. The molecule has 0 heterocycles. The van der Waals surface area contributed by atoms with Gasteiger partial charge in [-0.25, -0.2) is 0 Å². The van der Waals surface area contributed by atoms with Gasteiger partial charge in [0.25, 0.3) is 0 Å². The lowest BCUT2D eigenvalue weighted by molar-refractivity contribution is -0.117. The van der Waals surface area contributed by atoms with Crippen LogP contribution in [0.3, 0.4) is 0 Å². The van der Waals surface area contributed by atoms with Gasteiger partial charge in [0.2, 0.25) is 5.91 Å². The van der Waals surface area contributed by atoms with E-state index in [1.807, 2.05) is 31.2 Å². The van der Waals surface area contributed by atoms with Crippen molar-refractivity contribution >= 4 is 11.6 Å². The molecule has 1 aliphatic rings. The fourth-order valence-corrected chi connectivity index (χ4v) is 3.16. The third-order valence-corrected chi connectivity index (χ3v) is 4.82. The number of benzene rings is 1. The molecule has 0 saturated heterocycles. The highest BCUT2D eigenvalue weighted by Crippen LogP contribution is 2.47. The van der Waals surface area contributed by atoms with Crippen LogP contribution in [0.25, 0.3) is 0 Å². The van der Waals surface area contributed by atoms with Crippen molar-refractivity contribution in [2.45, 2.75) is 52.2 Å². The largest absolute Gasteiger partial charge is 0.381 e. The second kappa shape index (κ2) is 6.48. The molecule has 1 aromatic carbocycles. The predicted molar refractivity (Wildman–Crippen MR) is 85.2 cm³/mol. The number of anilines is 1. The zero-order valence-electron chi connectivity index (χ0n) is 13.2. The van der Waals surface area contributed by atoms with Gasteiger partial charge < -0.3 is 15.8 Å². The SMILES string of the molecule is CCOC1CC(Nc2ccccc2CC(N)=O)C1(C)CC. The standard InChI is InChI=1S/C17H26N2O2/c1-4-17(3)14(11-15(17)21-5-2)19-13-9-7-6-8-12(13)10-16(18)20/h6-9,14-15,19H,4-5,10-11H2,1-3H3,(H2,18,20). The second-order valence-corrected chi connectivity index (χ2v) is 6.04. The summed E-state index contributed by atoms with van der Waals surface area (Å²) in [6.07, 6.45) is 2.65. The number of ether oxygens (including phenoxy) is 1. The van der Waals surface area contributed by atoms with Crippen LogP contribution in [0.5, 0.6) is 0 Å². The van der Waals surface area contributed by atoms with E-state index in [0.29, 0.717) is 12.1 Å². The molecule has 4 heteroatoms. The van der Waals surface area contributed by atoms with Gasteiger partial charge in [-0.2, -0.15) is 0 Å². The Morgan fingerprint density at radius 1 is 1.43 bits per heavy atom. The Hall–Kier alpha value is -1.55. The Morgan fingerprint density at radius 2 is 2.14 bits per heavy atom. The van der Waals surface area contributed by atoms with Crippen molar-refractivity contribution in [1.82, 2.24) is 0 Å². The average molecular weight is 290 g/mol. The Labute approximate surface area is 127 Å². The number of nitrogens with two attached hydrogens (primary N) is 1. The Bertz CT molecular complexity index is 503. The van der Waals surface area contributed by atoms with Crippen LogP contribution in [0, 0.1) is 5.41 Å². The fraction of sp³-hybridized carbons (Fsp3) is 0.588. The molecule has 2 rings (SSSR count). The van der Waals surface area contributed by atoms with Crippen LogP contribution >= 0.6 is 0 Å². The molecule has 3 unspecified atom stereocenters. The van der Waals surface area contributed by atoms with Crippen LogP contribution < -0.4 is 11.1 Å². The topological polar surface area (TPSA) is 64.3 Å². The summed E-state index contributed by atoms with van der Waals surface area (Å²) in [5.41, 5.74) is 7.43. The van der Waals surface area contributed by atoms with E-state index < -0.39 is 0 Å². The van der Waals surface area contributed by atoms with Crippen molar-refractivity contribution in [2.75, 3.05) is 11.9 Å². The molecule has 1 amide bonds. The average Bonchev–Trinajstić information content (AvgIpc) is 2.46. The van der Waals surface area contributed by atoms with Gasteiger partial charge in [-0.3, -0.25) is 4.79 Å². The molecule has 21 heavy (non-hydrogen) atoms. The lowest BCUT2D eigenvalue weighted by Gasteiger charge is -2.54. The van der Waals surface area contributed by atoms with E-state index in [9.17, 15) is 4.79 Å². The van der Waals surface area contributed by atoms with Gasteiger partial charge in [0.05, 0.1) is 12.5 Å². The first kappa shape index (κ1) is 15.8. The third kappa shape index (κ3) is 3.21. The van der Waals surface area contributed by atoms with E-state index in [-0.39, 0.29) is 17.7 Å². The fourth-order valence-electron chi connectivity index (χ4n) is 3.16. The van der Waals surface area contributed by atoms with Crippen LogP contribution in [0.2, 0.25) is 0 Å². The molecule has 1 aliphatic carbocycles. The van der Waals surface area contributed by atoms with E-state index in [1.54, 1.807) is 0 Å². The summed E-state index contributed by atoms with van der Waals surface area (Å²) in [5.74, 6) is -0.302. The van der Waals surface area contributed by atoms with E-state index in [4.69, 9.17) is 10.5 Å². The molecule has 3 N–H and O–H groups in total. The monoisotopic (exact) mass is 290 g/mol. The number of amides is 1. The lowest BCUT2D eigenvalue weighted by atomic mass is 9.61. The van der Waals surface area contributed by atoms with Crippen molar-refractivity contribution in [3.8, 4) is 0 Å². The predicted octanol–water partition coefficient (Wildman–Crippen LogP) is 2.72. The van der Waals surface area contributed by atoms with Gasteiger partial charge in [-0.1, -0.05) is 32.0 Å². The number of para-hydroxylation sites is 1. The second-order valence-electron chi connectivity index (χ2n) is 6.04. The Morgan fingerprint density at radius 3 is 2.76 bits per heavy atom. The maximum absolute atomic E-state index is 11.2. The van der Waals surface area contributed by atoms with Crippen LogP contribution in [0.15, 0.2) is 24.3 Å². The highest BCUT2D eigenvalue weighted by molar-refractivity contribution is 5.78. The van der Waals surface area contributed by atoms with E-state index in [1.165, 1.54) is 0 Å². The first-order valence-electron chi connectivity index (χ1n) is 7.75. The number of hydrogen-bond acceptors (Lipinski definition) is 3. The molecule has 0 aromatic heterocycles. The van der Waals surface area contributed by atoms with Crippen molar-refractivity contribution in [2.24, 2.45) is 11.1 Å². The maximum Gasteiger partial charge on any atom is 0.221 e. The van der Waals surface area contributed by atoms with Crippen molar-refractivity contribution in [3.05, 3.63) is 29.8 Å². The number of nitrogens with one attached hydrogen (secondary N) is 1. The van der Waals surface area contributed by atoms with Crippen LogP contribution in [0.4, 0.5) is 5.69 Å². The number of primary amides is 1. The summed E-state index contributed by atoms with van der Waals surface area (Å²) in [6.45, 7) is 7.27. The van der Waals surface area contributed by atoms with Crippen LogP contribution in [0.1, 0.15) is 39.2 Å². The van der Waals surface area contributed by atoms with Gasteiger partial charge in [-0.05, 0) is 31.4 Å². The van der Waals surface area contributed by atoms with E-state index >= 15 is 0 Å². The molecule has 0 aliphatic heterocycles. The smallest absolute Gasteiger partial charge is 0.221 e. The van der Waals surface area contributed by atoms with Gasteiger partial charge in [-0.15, -0.1) is 0 Å². The van der Waals surface area contributed by atoms with Crippen LogP contribution in [-0.2, 0) is 16.0 Å². The minimum Gasteiger partial charge on any atom is -0.381 e. The zero-order chi connectivity index (χ0) is 15.5. The quantitative estimate of drug-likeness (QED) is 0.811. The first-order chi connectivity index (χ1) is 10.0. The number of carbonyl (C=O) groups is 1. The minimum absolute atomic E-state index is 0.135. The number of hydrogen-bond donors (Lipinski definition) is 2. The van der Waals surface area contributed by atoms with Crippen molar-refractivity contribution in [3.63, 3.8) is 0 Å². The third-order valence-electron chi connectivity index (χ3n) is 4.82. The summed E-state index contributed by atoms with van der Waals surface area (Å²) < 4.78 is 5.83. The van der Waals surface area contributed by atoms with Crippen molar-refractivity contribution < 1.29 is 9.53 Å². The molecule has 1 fully saturated rings. The van der Waals surface area contributed by atoms with Crippen LogP contribution in [-0.4, -0.2) is 24.7 Å². The minimum atomic E-state index is -0.302. The van der Waals surface area contributed by atoms with E-state index in [2.05, 4.69) is 19.2 Å². The van der Waals surface area contributed by atoms with Gasteiger partial charge >= 0.3 is 0 Å². The Kier molecular flexibility index (Phi) is 4.88. The van der Waals surface area contributed by atoms with Gasteiger partial charge in [0.15, 0.2) is 0 Å². The molecule has 1 saturated carbocycles. The molecular weight excluding hydrogens is 264 g/mol. The summed E-state index contributed by atoms with van der Waals surface area (Å²) >= 11 is 0. The molecule has 0 spiro atoms. The normalized spacial score (nSPS) is 28.0. The zero-order valence-corrected chi connectivity index (χ0v) is 13.2. The summed E-state index contributed by atoms with van der Waals surface area (Å²) in [6, 6.07) is 8.26. The highest BCUT2D eigenvalue weighted by Gasteiger charge is 2.51. The number of rotatable bonds is 7. The van der Waals surface area contributed by atoms with Crippen molar-refractivity contribution in [1.29, 1.82) is 0 Å². The maximum atomic E-state index is 11.2. The molecule has 116 valence electrons. The van der Waals surface area contributed by atoms with Gasteiger partial charge in [0, 0.05) is 23.8 Å². The Balaban J connectivity index is 2.11. The first-order valence-corrected chi connectivity index (χ1v) is 7.75. The molecule has 0 bridgehead atoms. The highest BCUT2D eigenvalue weighted by atomic mass is 16.5. The van der Waals surface area contributed by atoms with Gasteiger partial charge in [0.1, 0.15) is 0 Å². The molecular formula is C17H26N2O2.